The van der Waals surface area contributed by atoms with Crippen molar-refractivity contribution >= 4 is 5.91 Å². The molecule has 0 spiro atoms. The van der Waals surface area contributed by atoms with Gasteiger partial charge in [-0.05, 0) is 6.42 Å². The Hall–Kier alpha value is -1.32. The van der Waals surface area contributed by atoms with E-state index in [4.69, 9.17) is 0 Å². The molecule has 1 rings (SSSR count). The summed E-state index contributed by atoms with van der Waals surface area (Å²) in [6, 6.07) is 0. The molecule has 1 amide bonds. The Kier molecular flexibility index (Phi) is 8.77. The summed E-state index contributed by atoms with van der Waals surface area (Å²) in [5, 5.41) is 2.95. The van der Waals surface area contributed by atoms with Crippen molar-refractivity contribution < 1.29 is 4.79 Å². The molecule has 0 fully saturated rings. The molecule has 0 aromatic carbocycles. The zero-order valence-electron chi connectivity index (χ0n) is 12.1. The minimum absolute atomic E-state index is 0.174. The van der Waals surface area contributed by atoms with Crippen LogP contribution in [0.4, 0.5) is 0 Å². The second kappa shape index (κ2) is 10.6. The first-order valence-corrected chi connectivity index (χ1v) is 7.57. The molecule has 0 saturated carbocycles. The van der Waals surface area contributed by atoms with Crippen molar-refractivity contribution in [2.45, 2.75) is 64.7 Å². The molecule has 108 valence electrons. The first kappa shape index (κ1) is 15.7. The summed E-state index contributed by atoms with van der Waals surface area (Å²) >= 11 is 0. The lowest BCUT2D eigenvalue weighted by atomic mass is 10.1. The smallest absolute Gasteiger partial charge is 0.220 e. The van der Waals surface area contributed by atoms with Gasteiger partial charge < -0.3 is 10.3 Å². The molecule has 19 heavy (non-hydrogen) atoms. The highest BCUT2D eigenvalue weighted by Crippen LogP contribution is 2.08. The molecular weight excluding hydrogens is 238 g/mol. The van der Waals surface area contributed by atoms with E-state index in [-0.39, 0.29) is 5.91 Å². The molecule has 2 N–H and O–H groups in total. The van der Waals surface area contributed by atoms with E-state index in [9.17, 15) is 4.79 Å². The van der Waals surface area contributed by atoms with Crippen molar-refractivity contribution in [3.8, 4) is 0 Å². The average Bonchev–Trinajstić information content (AvgIpc) is 2.91. The molecular formula is C15H27N3O. The highest BCUT2D eigenvalue weighted by atomic mass is 16.1. The van der Waals surface area contributed by atoms with Crippen LogP contribution in [0, 0.1) is 0 Å². The largest absolute Gasteiger partial charge is 0.356 e. The molecule has 0 aliphatic rings. The summed E-state index contributed by atoms with van der Waals surface area (Å²) in [7, 11) is 0. The molecule has 0 aliphatic heterocycles. The predicted octanol–water partition coefficient (Wildman–Crippen LogP) is 3.21. The number of hydrogen-bond acceptors (Lipinski definition) is 2. The molecule has 0 radical (unpaired) electrons. The number of aromatic nitrogens is 2. The van der Waals surface area contributed by atoms with Gasteiger partial charge in [-0.1, -0.05) is 45.4 Å². The Balaban J connectivity index is 1.88. The highest BCUT2D eigenvalue weighted by Gasteiger charge is 2.01. The Morgan fingerprint density at radius 3 is 2.63 bits per heavy atom. The van der Waals surface area contributed by atoms with Gasteiger partial charge in [-0.2, -0.15) is 0 Å². The lowest BCUT2D eigenvalue weighted by Gasteiger charge is -2.04. The fourth-order valence-corrected chi connectivity index (χ4v) is 2.09. The molecule has 0 bridgehead atoms. The summed E-state index contributed by atoms with van der Waals surface area (Å²) in [5.41, 5.74) is 1.07. The van der Waals surface area contributed by atoms with Gasteiger partial charge >= 0.3 is 0 Å². The number of amides is 1. The molecule has 4 heteroatoms. The second-order valence-electron chi connectivity index (χ2n) is 5.05. The third-order valence-corrected chi connectivity index (χ3v) is 3.28. The Bertz CT molecular complexity index is 322. The van der Waals surface area contributed by atoms with Crippen molar-refractivity contribution in [2.24, 2.45) is 0 Å². The molecule has 1 aromatic rings. The van der Waals surface area contributed by atoms with Crippen LogP contribution in [0.3, 0.4) is 0 Å². The third-order valence-electron chi connectivity index (χ3n) is 3.28. The molecule has 4 nitrogen and oxygen atoms in total. The van der Waals surface area contributed by atoms with Crippen LogP contribution in [0.5, 0.6) is 0 Å². The maximum Gasteiger partial charge on any atom is 0.220 e. The van der Waals surface area contributed by atoms with E-state index >= 15 is 0 Å². The number of nitrogens with one attached hydrogen (secondary N) is 2. The molecule has 0 atom stereocenters. The van der Waals surface area contributed by atoms with E-state index < -0.39 is 0 Å². The standard InChI is InChI=1S/C15H27N3O/c1-2-3-4-5-6-7-8-9-15(19)17-11-10-14-12-16-13-18-14/h12-13H,2-11H2,1H3,(H,16,18)(H,17,19). The monoisotopic (exact) mass is 265 g/mol. The number of hydrogen-bond donors (Lipinski definition) is 2. The minimum atomic E-state index is 0.174. The zero-order valence-corrected chi connectivity index (χ0v) is 12.1. The minimum Gasteiger partial charge on any atom is -0.356 e. The number of nitrogens with zero attached hydrogens (tertiary/aromatic N) is 1. The van der Waals surface area contributed by atoms with Crippen molar-refractivity contribution in [1.29, 1.82) is 0 Å². The van der Waals surface area contributed by atoms with Gasteiger partial charge in [-0.15, -0.1) is 0 Å². The summed E-state index contributed by atoms with van der Waals surface area (Å²) in [6.45, 7) is 2.92. The zero-order chi connectivity index (χ0) is 13.8. The van der Waals surface area contributed by atoms with Crippen molar-refractivity contribution in [2.75, 3.05) is 6.54 Å². The maximum absolute atomic E-state index is 11.6. The van der Waals surface area contributed by atoms with Crippen LogP contribution >= 0.6 is 0 Å². The van der Waals surface area contributed by atoms with Gasteiger partial charge in [-0.3, -0.25) is 4.79 Å². The van der Waals surface area contributed by atoms with Crippen LogP contribution in [0.2, 0.25) is 0 Å². The first-order valence-electron chi connectivity index (χ1n) is 7.57. The van der Waals surface area contributed by atoms with E-state index in [0.717, 1.165) is 18.5 Å². The molecule has 0 aliphatic carbocycles. The quantitative estimate of drug-likeness (QED) is 0.604. The fraction of sp³-hybridized carbons (Fsp3) is 0.733. The van der Waals surface area contributed by atoms with Gasteiger partial charge in [0, 0.05) is 31.3 Å². The van der Waals surface area contributed by atoms with Gasteiger partial charge in [0.15, 0.2) is 0 Å². The first-order chi connectivity index (χ1) is 9.33. The summed E-state index contributed by atoms with van der Waals surface area (Å²) in [4.78, 5) is 18.5. The van der Waals surface area contributed by atoms with Gasteiger partial charge in [-0.25, -0.2) is 4.98 Å². The van der Waals surface area contributed by atoms with E-state index in [1.54, 1.807) is 12.5 Å². The molecule has 1 aromatic heterocycles. The number of imidazole rings is 1. The topological polar surface area (TPSA) is 57.8 Å². The van der Waals surface area contributed by atoms with Crippen molar-refractivity contribution in [3.05, 3.63) is 18.2 Å². The number of carbonyl (C=O) groups excluding carboxylic acids is 1. The van der Waals surface area contributed by atoms with Crippen molar-refractivity contribution in [3.63, 3.8) is 0 Å². The van der Waals surface area contributed by atoms with Crippen LogP contribution in [-0.4, -0.2) is 22.4 Å². The predicted molar refractivity (Wildman–Crippen MR) is 77.9 cm³/mol. The van der Waals surface area contributed by atoms with E-state index in [2.05, 4.69) is 22.2 Å². The average molecular weight is 265 g/mol. The van der Waals surface area contributed by atoms with E-state index in [1.807, 2.05) is 0 Å². The van der Waals surface area contributed by atoms with Crippen molar-refractivity contribution in [1.82, 2.24) is 15.3 Å². The number of unbranched alkanes of at least 4 members (excludes halogenated alkanes) is 6. The van der Waals surface area contributed by atoms with Gasteiger partial charge in [0.25, 0.3) is 0 Å². The van der Waals surface area contributed by atoms with Crippen LogP contribution in [0.15, 0.2) is 12.5 Å². The highest BCUT2D eigenvalue weighted by molar-refractivity contribution is 5.75. The Labute approximate surface area is 116 Å². The fourth-order valence-electron chi connectivity index (χ4n) is 2.09. The summed E-state index contributed by atoms with van der Waals surface area (Å²) in [5.74, 6) is 0.174. The number of carbonyl (C=O) groups is 1. The third kappa shape index (κ3) is 8.41. The van der Waals surface area contributed by atoms with Gasteiger partial charge in [0.2, 0.25) is 5.91 Å². The second-order valence-corrected chi connectivity index (χ2v) is 5.05. The molecule has 1 heterocycles. The van der Waals surface area contributed by atoms with Crippen LogP contribution in [0.1, 0.15) is 64.0 Å². The number of aromatic amines is 1. The van der Waals surface area contributed by atoms with Gasteiger partial charge in [0.1, 0.15) is 0 Å². The lowest BCUT2D eigenvalue weighted by molar-refractivity contribution is -0.121. The van der Waals surface area contributed by atoms with Gasteiger partial charge in [0.05, 0.1) is 6.33 Å². The maximum atomic E-state index is 11.6. The Morgan fingerprint density at radius 2 is 1.95 bits per heavy atom. The summed E-state index contributed by atoms with van der Waals surface area (Å²) < 4.78 is 0. The lowest BCUT2D eigenvalue weighted by Crippen LogP contribution is -2.25. The van der Waals surface area contributed by atoms with Crippen LogP contribution in [-0.2, 0) is 11.2 Å². The van der Waals surface area contributed by atoms with E-state index in [0.29, 0.717) is 13.0 Å². The van der Waals surface area contributed by atoms with E-state index in [1.165, 1.54) is 38.5 Å². The number of rotatable bonds is 11. The SMILES string of the molecule is CCCCCCCCCC(=O)NCCc1cnc[nH]1. The summed E-state index contributed by atoms with van der Waals surface area (Å²) in [6.07, 6.45) is 13.7. The normalized spacial score (nSPS) is 10.6. The number of H-pyrrole nitrogens is 1. The Morgan fingerprint density at radius 1 is 1.21 bits per heavy atom. The van der Waals surface area contributed by atoms with Crippen LogP contribution in [0.25, 0.3) is 0 Å². The van der Waals surface area contributed by atoms with Crippen LogP contribution < -0.4 is 5.32 Å². The molecule has 0 unspecified atom stereocenters. The molecule has 0 saturated heterocycles.